The van der Waals surface area contributed by atoms with Crippen LogP contribution in [0.15, 0.2) is 91.2 Å². The Morgan fingerprint density at radius 3 is 1.82 bits per heavy atom. The molecule has 45 heavy (non-hydrogen) atoms. The van der Waals surface area contributed by atoms with Gasteiger partial charge in [0.15, 0.2) is 16.4 Å². The monoisotopic (exact) mass is 608 g/mol. The average molecular weight is 609 g/mol. The minimum absolute atomic E-state index is 0.0352. The van der Waals surface area contributed by atoms with Crippen LogP contribution < -0.4 is 34.5 Å². The summed E-state index contributed by atoms with van der Waals surface area (Å²) in [6.07, 6.45) is 0. The number of benzene rings is 4. The lowest BCUT2D eigenvalue weighted by Crippen LogP contribution is -2.04. The Kier molecular flexibility index (Phi) is 7.55. The van der Waals surface area contributed by atoms with E-state index in [1.807, 2.05) is 0 Å². The SMILES string of the molecule is COc1ccc(-c2cc(=O)c3c(O)cc(OC)c(-c4cc(-c5cc(=O)c6c(OC)cc(OC)cc6o5)ccc4OC)c3o2)cc1. The predicted molar refractivity (Wildman–Crippen MR) is 169 cm³/mol. The van der Waals surface area contributed by atoms with Gasteiger partial charge in [-0.2, -0.15) is 0 Å². The molecule has 0 aliphatic carbocycles. The molecule has 0 aliphatic rings. The smallest absolute Gasteiger partial charge is 0.197 e. The van der Waals surface area contributed by atoms with Crippen molar-refractivity contribution in [2.75, 3.05) is 35.5 Å². The number of phenols is 1. The molecule has 0 saturated heterocycles. The highest BCUT2D eigenvalue weighted by atomic mass is 16.5. The highest BCUT2D eigenvalue weighted by molar-refractivity contribution is 6.01. The third-order valence-corrected chi connectivity index (χ3v) is 7.52. The van der Waals surface area contributed by atoms with E-state index in [2.05, 4.69) is 0 Å². The Morgan fingerprint density at radius 2 is 1.18 bits per heavy atom. The summed E-state index contributed by atoms with van der Waals surface area (Å²) in [5, 5.41) is 11.1. The zero-order valence-electron chi connectivity index (χ0n) is 25.0. The van der Waals surface area contributed by atoms with Gasteiger partial charge in [-0.25, -0.2) is 0 Å². The summed E-state index contributed by atoms with van der Waals surface area (Å²) < 4.78 is 40.0. The topological polar surface area (TPSA) is 127 Å². The van der Waals surface area contributed by atoms with E-state index in [0.29, 0.717) is 45.3 Å². The lowest BCUT2D eigenvalue weighted by atomic mass is 9.96. The van der Waals surface area contributed by atoms with Gasteiger partial charge in [-0.15, -0.1) is 0 Å². The molecule has 0 amide bonds. The summed E-state index contributed by atoms with van der Waals surface area (Å²) in [5.74, 6) is 2.27. The lowest BCUT2D eigenvalue weighted by molar-refractivity contribution is 0.396. The van der Waals surface area contributed by atoms with Crippen LogP contribution in [0, 0.1) is 0 Å². The molecule has 0 unspecified atom stereocenters. The molecule has 10 nitrogen and oxygen atoms in total. The minimum Gasteiger partial charge on any atom is -0.507 e. The van der Waals surface area contributed by atoms with Gasteiger partial charge in [0.05, 0.1) is 41.1 Å². The summed E-state index contributed by atoms with van der Waals surface area (Å²) in [7, 11) is 7.47. The van der Waals surface area contributed by atoms with Crippen LogP contribution in [0.25, 0.3) is 55.7 Å². The summed E-state index contributed by atoms with van der Waals surface area (Å²) in [6, 6.07) is 19.4. The molecule has 4 aromatic carbocycles. The fraction of sp³-hybridized carbons (Fsp3) is 0.143. The van der Waals surface area contributed by atoms with Crippen LogP contribution in [-0.4, -0.2) is 40.7 Å². The average Bonchev–Trinajstić information content (AvgIpc) is 3.06. The number of aromatic hydroxyl groups is 1. The lowest BCUT2D eigenvalue weighted by Gasteiger charge is -2.17. The summed E-state index contributed by atoms with van der Waals surface area (Å²) in [6.45, 7) is 0. The van der Waals surface area contributed by atoms with Crippen molar-refractivity contribution in [3.8, 4) is 68.3 Å². The van der Waals surface area contributed by atoms with Crippen LogP contribution >= 0.6 is 0 Å². The molecule has 0 aliphatic heterocycles. The first-order valence-electron chi connectivity index (χ1n) is 13.7. The normalized spacial score (nSPS) is 11.0. The fourth-order valence-corrected chi connectivity index (χ4v) is 5.31. The molecule has 0 atom stereocenters. The van der Waals surface area contributed by atoms with Crippen molar-refractivity contribution in [2.45, 2.75) is 0 Å². The van der Waals surface area contributed by atoms with Crippen LogP contribution in [-0.2, 0) is 0 Å². The molecule has 0 spiro atoms. The molecular weight excluding hydrogens is 580 g/mol. The number of ether oxygens (including phenoxy) is 5. The first kappa shape index (κ1) is 29.2. The van der Waals surface area contributed by atoms with Crippen molar-refractivity contribution >= 4 is 21.9 Å². The van der Waals surface area contributed by atoms with Gasteiger partial charge in [0.1, 0.15) is 62.4 Å². The minimum atomic E-state index is -0.456. The quantitative estimate of drug-likeness (QED) is 0.201. The van der Waals surface area contributed by atoms with Crippen molar-refractivity contribution in [3.05, 3.63) is 93.2 Å². The van der Waals surface area contributed by atoms with E-state index in [4.69, 9.17) is 32.5 Å². The second-order valence-corrected chi connectivity index (χ2v) is 9.97. The van der Waals surface area contributed by atoms with Crippen LogP contribution in [0.2, 0.25) is 0 Å². The molecule has 228 valence electrons. The van der Waals surface area contributed by atoms with Crippen LogP contribution in [0.3, 0.4) is 0 Å². The van der Waals surface area contributed by atoms with E-state index in [-0.39, 0.29) is 50.4 Å². The highest BCUT2D eigenvalue weighted by Gasteiger charge is 2.24. The molecular formula is C35H28O10. The zero-order valence-corrected chi connectivity index (χ0v) is 25.0. The first-order chi connectivity index (χ1) is 21.8. The summed E-state index contributed by atoms with van der Waals surface area (Å²) in [4.78, 5) is 26.7. The predicted octanol–water partition coefficient (Wildman–Crippen LogP) is 6.65. The molecule has 2 heterocycles. The number of rotatable bonds is 8. The molecule has 0 fully saturated rings. The van der Waals surface area contributed by atoms with Gasteiger partial charge in [-0.3, -0.25) is 9.59 Å². The van der Waals surface area contributed by atoms with E-state index in [1.165, 1.54) is 46.6 Å². The number of phenolic OH excluding ortho intramolecular Hbond substituents is 1. The fourth-order valence-electron chi connectivity index (χ4n) is 5.31. The van der Waals surface area contributed by atoms with Crippen molar-refractivity contribution in [1.29, 1.82) is 0 Å². The van der Waals surface area contributed by atoms with E-state index < -0.39 is 5.43 Å². The van der Waals surface area contributed by atoms with Gasteiger partial charge in [0.25, 0.3) is 0 Å². The Bertz CT molecular complexity index is 2190. The van der Waals surface area contributed by atoms with Crippen molar-refractivity contribution in [2.24, 2.45) is 0 Å². The third kappa shape index (κ3) is 5.06. The van der Waals surface area contributed by atoms with E-state index in [0.717, 1.165) is 0 Å². The van der Waals surface area contributed by atoms with E-state index in [1.54, 1.807) is 61.7 Å². The third-order valence-electron chi connectivity index (χ3n) is 7.52. The Labute approximate surface area is 256 Å². The Morgan fingerprint density at radius 1 is 0.556 bits per heavy atom. The molecule has 10 heteroatoms. The maximum absolute atomic E-state index is 13.4. The highest BCUT2D eigenvalue weighted by Crippen LogP contribution is 2.46. The maximum Gasteiger partial charge on any atom is 0.197 e. The maximum atomic E-state index is 13.4. The number of hydrogen-bond donors (Lipinski definition) is 1. The molecule has 6 aromatic rings. The molecule has 6 rings (SSSR count). The number of hydrogen-bond acceptors (Lipinski definition) is 10. The largest absolute Gasteiger partial charge is 0.507 e. The summed E-state index contributed by atoms with van der Waals surface area (Å²) >= 11 is 0. The van der Waals surface area contributed by atoms with Gasteiger partial charge in [0, 0.05) is 47.0 Å². The molecule has 1 N–H and O–H groups in total. The Hall–Kier alpha value is -5.90. The molecule has 0 radical (unpaired) electrons. The Balaban J connectivity index is 1.62. The molecule has 0 saturated carbocycles. The van der Waals surface area contributed by atoms with Gasteiger partial charge >= 0.3 is 0 Å². The van der Waals surface area contributed by atoms with Gasteiger partial charge < -0.3 is 37.6 Å². The second-order valence-electron chi connectivity index (χ2n) is 9.97. The van der Waals surface area contributed by atoms with Crippen molar-refractivity contribution in [3.63, 3.8) is 0 Å². The van der Waals surface area contributed by atoms with Gasteiger partial charge in [-0.05, 0) is 42.5 Å². The van der Waals surface area contributed by atoms with Crippen molar-refractivity contribution < 1.29 is 37.6 Å². The van der Waals surface area contributed by atoms with E-state index in [9.17, 15) is 14.7 Å². The van der Waals surface area contributed by atoms with Gasteiger partial charge in [0.2, 0.25) is 0 Å². The van der Waals surface area contributed by atoms with Crippen LogP contribution in [0.4, 0.5) is 0 Å². The standard InChI is InChI=1S/C35H28O10/c1-39-20-9-6-18(7-10-20)27-15-23(36)33-24(37)17-30(43-5)32(35(33)45-27)22-12-19(8-11-26(22)41-3)28-16-25(38)34-29(42-4)13-21(40-2)14-31(34)44-28/h6-17,37H,1-5H3. The van der Waals surface area contributed by atoms with Crippen LogP contribution in [0.5, 0.6) is 34.5 Å². The zero-order chi connectivity index (χ0) is 31.8. The van der Waals surface area contributed by atoms with Gasteiger partial charge in [-0.1, -0.05) is 0 Å². The molecule has 0 bridgehead atoms. The number of methoxy groups -OCH3 is 5. The van der Waals surface area contributed by atoms with Crippen molar-refractivity contribution in [1.82, 2.24) is 0 Å². The first-order valence-corrected chi connectivity index (χ1v) is 13.7. The van der Waals surface area contributed by atoms with E-state index >= 15 is 0 Å². The number of fused-ring (bicyclic) bond motifs is 2. The molecule has 2 aromatic heterocycles. The van der Waals surface area contributed by atoms with Crippen LogP contribution in [0.1, 0.15) is 0 Å². The second kappa shape index (κ2) is 11.6. The summed E-state index contributed by atoms with van der Waals surface area (Å²) in [5.41, 5.74) is 1.52.